The largest absolute Gasteiger partial charge is 0.387 e. The number of rotatable bonds is 6. The fraction of sp³-hybridized carbons (Fsp3) is 0.158. The summed E-state index contributed by atoms with van der Waals surface area (Å²) in [6.45, 7) is 0.395. The number of nitrogens with zero attached hydrogens (tertiary/aromatic N) is 2. The van der Waals surface area contributed by atoms with E-state index >= 15 is 0 Å². The minimum atomic E-state index is -0.578. The quantitative estimate of drug-likeness (QED) is 0.666. The molecule has 1 atom stereocenters. The third kappa shape index (κ3) is 4.13. The van der Waals surface area contributed by atoms with Crippen molar-refractivity contribution in [2.24, 2.45) is 0 Å². The maximum atomic E-state index is 10.2. The summed E-state index contributed by atoms with van der Waals surface area (Å²) in [4.78, 5) is 9.78. The molecule has 2 N–H and O–H groups in total. The van der Waals surface area contributed by atoms with Gasteiger partial charge in [-0.3, -0.25) is 0 Å². The van der Waals surface area contributed by atoms with E-state index in [1.165, 1.54) is 11.2 Å². The fourth-order valence-corrected chi connectivity index (χ4v) is 2.78. The van der Waals surface area contributed by atoms with E-state index in [0.717, 1.165) is 16.8 Å². The Morgan fingerprint density at radius 2 is 1.79 bits per heavy atom. The van der Waals surface area contributed by atoms with Gasteiger partial charge in [-0.05, 0) is 24.0 Å². The Kier molecular flexibility index (Phi) is 5.46. The maximum Gasteiger partial charge on any atom is 0.130 e. The van der Waals surface area contributed by atoms with Gasteiger partial charge in [0.15, 0.2) is 0 Å². The van der Waals surface area contributed by atoms with Gasteiger partial charge in [0, 0.05) is 23.1 Å². The predicted octanol–water partition coefficient (Wildman–Crippen LogP) is 4.01. The van der Waals surface area contributed by atoms with Gasteiger partial charge in [-0.25, -0.2) is 9.97 Å². The number of aliphatic hydroxyl groups excluding tert-OH is 1. The highest BCUT2D eigenvalue weighted by Gasteiger charge is 2.08. The van der Waals surface area contributed by atoms with Crippen molar-refractivity contribution in [3.05, 3.63) is 72.6 Å². The molecule has 1 heterocycles. The summed E-state index contributed by atoms with van der Waals surface area (Å²) in [6.07, 6.45) is 3.01. The third-order valence-corrected chi connectivity index (χ3v) is 4.46. The molecule has 0 fully saturated rings. The van der Waals surface area contributed by atoms with Gasteiger partial charge in [0.25, 0.3) is 0 Å². The molecule has 0 aliphatic heterocycles. The standard InChI is InChI=1S/C19H19N3OS/c1-24-16-9-7-14(8-10-16)17-11-19(22-13-21-17)20-12-18(23)15-5-3-2-4-6-15/h2-11,13,18,23H,12H2,1H3,(H,20,21,22). The van der Waals surface area contributed by atoms with E-state index in [-0.39, 0.29) is 0 Å². The molecule has 0 amide bonds. The number of benzene rings is 2. The second-order valence-electron chi connectivity index (χ2n) is 5.32. The van der Waals surface area contributed by atoms with Crippen molar-refractivity contribution >= 4 is 17.6 Å². The Bertz CT molecular complexity index is 778. The van der Waals surface area contributed by atoms with Gasteiger partial charge in [0.1, 0.15) is 12.1 Å². The van der Waals surface area contributed by atoms with Crippen LogP contribution in [0.2, 0.25) is 0 Å². The van der Waals surface area contributed by atoms with Gasteiger partial charge in [0.05, 0.1) is 11.8 Å². The van der Waals surface area contributed by atoms with Crippen LogP contribution in [0.15, 0.2) is 71.9 Å². The molecular weight excluding hydrogens is 318 g/mol. The van der Waals surface area contributed by atoms with Crippen LogP contribution in [0.4, 0.5) is 5.82 Å². The Balaban J connectivity index is 1.68. The lowest BCUT2D eigenvalue weighted by Crippen LogP contribution is -2.13. The summed E-state index contributed by atoms with van der Waals surface area (Å²) < 4.78 is 0. The molecule has 4 nitrogen and oxygen atoms in total. The van der Waals surface area contributed by atoms with Crippen LogP contribution in [0.3, 0.4) is 0 Å². The van der Waals surface area contributed by atoms with E-state index in [2.05, 4.69) is 45.8 Å². The van der Waals surface area contributed by atoms with Crippen LogP contribution >= 0.6 is 11.8 Å². The molecule has 5 heteroatoms. The van der Waals surface area contributed by atoms with E-state index in [1.54, 1.807) is 11.8 Å². The fourth-order valence-electron chi connectivity index (χ4n) is 2.37. The predicted molar refractivity (Wildman–Crippen MR) is 99.1 cm³/mol. The number of thioether (sulfide) groups is 1. The van der Waals surface area contributed by atoms with Crippen LogP contribution in [0, 0.1) is 0 Å². The van der Waals surface area contributed by atoms with Crippen molar-refractivity contribution in [2.45, 2.75) is 11.0 Å². The maximum absolute atomic E-state index is 10.2. The second kappa shape index (κ2) is 7.95. The summed E-state index contributed by atoms with van der Waals surface area (Å²) >= 11 is 1.71. The Hall–Kier alpha value is -2.37. The van der Waals surface area contributed by atoms with E-state index in [1.807, 2.05) is 36.4 Å². The highest BCUT2D eigenvalue weighted by atomic mass is 32.2. The molecule has 1 unspecified atom stereocenters. The molecule has 0 bridgehead atoms. The monoisotopic (exact) mass is 337 g/mol. The van der Waals surface area contributed by atoms with E-state index in [0.29, 0.717) is 12.4 Å². The number of nitrogens with one attached hydrogen (secondary N) is 1. The lowest BCUT2D eigenvalue weighted by molar-refractivity contribution is 0.191. The number of hydrogen-bond donors (Lipinski definition) is 2. The molecule has 24 heavy (non-hydrogen) atoms. The Morgan fingerprint density at radius 1 is 1.04 bits per heavy atom. The van der Waals surface area contributed by atoms with Crippen LogP contribution < -0.4 is 5.32 Å². The minimum Gasteiger partial charge on any atom is -0.387 e. The number of aliphatic hydroxyl groups is 1. The van der Waals surface area contributed by atoms with Crippen LogP contribution in [0.5, 0.6) is 0 Å². The zero-order chi connectivity index (χ0) is 16.8. The van der Waals surface area contributed by atoms with Crippen LogP contribution in [0.25, 0.3) is 11.3 Å². The van der Waals surface area contributed by atoms with Gasteiger partial charge in [0.2, 0.25) is 0 Å². The first-order valence-corrected chi connectivity index (χ1v) is 8.92. The number of hydrogen-bond acceptors (Lipinski definition) is 5. The lowest BCUT2D eigenvalue weighted by Gasteiger charge is -2.13. The zero-order valence-corrected chi connectivity index (χ0v) is 14.2. The lowest BCUT2D eigenvalue weighted by atomic mass is 10.1. The molecule has 3 rings (SSSR count). The summed E-state index contributed by atoms with van der Waals surface area (Å²) in [5.74, 6) is 0.698. The van der Waals surface area contributed by atoms with Gasteiger partial charge in [-0.15, -0.1) is 11.8 Å². The van der Waals surface area contributed by atoms with Crippen molar-refractivity contribution in [3.8, 4) is 11.3 Å². The molecule has 122 valence electrons. The first-order valence-electron chi connectivity index (χ1n) is 7.69. The average molecular weight is 337 g/mol. The van der Waals surface area contributed by atoms with Crippen LogP contribution in [-0.2, 0) is 0 Å². The molecule has 2 aromatic carbocycles. The van der Waals surface area contributed by atoms with E-state index < -0.39 is 6.10 Å². The summed E-state index contributed by atoms with van der Waals surface area (Å²) in [7, 11) is 0. The molecule has 0 aliphatic rings. The highest BCUT2D eigenvalue weighted by molar-refractivity contribution is 7.98. The highest BCUT2D eigenvalue weighted by Crippen LogP contribution is 2.23. The minimum absolute atomic E-state index is 0.395. The Labute approximate surface area is 146 Å². The third-order valence-electron chi connectivity index (χ3n) is 3.71. The van der Waals surface area contributed by atoms with Gasteiger partial charge < -0.3 is 10.4 Å². The molecule has 0 aliphatic carbocycles. The van der Waals surface area contributed by atoms with Crippen molar-refractivity contribution in [3.63, 3.8) is 0 Å². The number of anilines is 1. The molecule has 1 aromatic heterocycles. The van der Waals surface area contributed by atoms with E-state index in [9.17, 15) is 5.11 Å². The topological polar surface area (TPSA) is 58.0 Å². The summed E-state index contributed by atoms with van der Waals surface area (Å²) in [5, 5.41) is 13.4. The Morgan fingerprint density at radius 3 is 2.50 bits per heavy atom. The zero-order valence-electron chi connectivity index (χ0n) is 13.4. The van der Waals surface area contributed by atoms with Gasteiger partial charge >= 0.3 is 0 Å². The van der Waals surface area contributed by atoms with E-state index in [4.69, 9.17) is 0 Å². The smallest absolute Gasteiger partial charge is 0.130 e. The SMILES string of the molecule is CSc1ccc(-c2cc(NCC(O)c3ccccc3)ncn2)cc1. The normalized spacial score (nSPS) is 11.9. The van der Waals surface area contributed by atoms with Crippen LogP contribution in [0.1, 0.15) is 11.7 Å². The summed E-state index contributed by atoms with van der Waals surface area (Å²) in [5.41, 5.74) is 2.78. The molecule has 3 aromatic rings. The molecule has 0 radical (unpaired) electrons. The first-order chi connectivity index (χ1) is 11.8. The van der Waals surface area contributed by atoms with Crippen molar-refractivity contribution in [1.29, 1.82) is 0 Å². The molecule has 0 saturated heterocycles. The van der Waals surface area contributed by atoms with Gasteiger partial charge in [-0.2, -0.15) is 0 Å². The second-order valence-corrected chi connectivity index (χ2v) is 6.20. The van der Waals surface area contributed by atoms with Crippen molar-refractivity contribution < 1.29 is 5.11 Å². The number of aromatic nitrogens is 2. The van der Waals surface area contributed by atoms with Crippen molar-refractivity contribution in [2.75, 3.05) is 18.1 Å². The first kappa shape index (κ1) is 16.5. The average Bonchev–Trinajstić information content (AvgIpc) is 2.67. The molecule has 0 spiro atoms. The molecular formula is C19H19N3OS. The molecule has 0 saturated carbocycles. The van der Waals surface area contributed by atoms with Crippen molar-refractivity contribution in [1.82, 2.24) is 9.97 Å². The van der Waals surface area contributed by atoms with Crippen LogP contribution in [-0.4, -0.2) is 27.9 Å². The van der Waals surface area contributed by atoms with Gasteiger partial charge in [-0.1, -0.05) is 42.5 Å². The summed E-state index contributed by atoms with van der Waals surface area (Å²) in [6, 6.07) is 19.7.